The molecule has 0 aliphatic carbocycles. The number of hydrogen-bond donors (Lipinski definition) is 2. The smallest absolute Gasteiger partial charge is 0.313 e. The van der Waals surface area contributed by atoms with E-state index in [1.165, 1.54) is 12.3 Å². The Bertz CT molecular complexity index is 441. The summed E-state index contributed by atoms with van der Waals surface area (Å²) >= 11 is 0. The molecular formula is C11H12F3N3O. The van der Waals surface area contributed by atoms with Gasteiger partial charge in [-0.15, -0.1) is 0 Å². The van der Waals surface area contributed by atoms with Gasteiger partial charge in [0.05, 0.1) is 11.6 Å². The summed E-state index contributed by atoms with van der Waals surface area (Å²) in [5, 5.41) is 5.83. The van der Waals surface area contributed by atoms with E-state index < -0.39 is 29.3 Å². The van der Waals surface area contributed by atoms with Crippen LogP contribution in [0.4, 0.5) is 13.2 Å². The zero-order valence-corrected chi connectivity index (χ0v) is 9.42. The maximum Gasteiger partial charge on any atom is 0.418 e. The van der Waals surface area contributed by atoms with Crippen molar-refractivity contribution < 1.29 is 18.0 Å². The van der Waals surface area contributed by atoms with Crippen LogP contribution in [0.5, 0.6) is 0 Å². The molecule has 1 aliphatic heterocycles. The summed E-state index contributed by atoms with van der Waals surface area (Å²) in [6, 6.07) is 1.39. The molecule has 1 aliphatic rings. The molecule has 7 heteroatoms. The number of carbonyl (C=O) groups excluding carboxylic acids is 1. The van der Waals surface area contributed by atoms with Gasteiger partial charge in [0.2, 0.25) is 0 Å². The summed E-state index contributed by atoms with van der Waals surface area (Å²) in [7, 11) is 0. The monoisotopic (exact) mass is 259 g/mol. The lowest BCUT2D eigenvalue weighted by molar-refractivity contribution is -0.138. The zero-order valence-electron chi connectivity index (χ0n) is 9.42. The number of hydrogen-bond acceptors (Lipinski definition) is 4. The van der Waals surface area contributed by atoms with Crippen LogP contribution in [0.15, 0.2) is 18.3 Å². The fourth-order valence-electron chi connectivity index (χ4n) is 1.83. The number of alkyl halides is 3. The van der Waals surface area contributed by atoms with E-state index in [2.05, 4.69) is 15.6 Å². The van der Waals surface area contributed by atoms with Crippen molar-refractivity contribution in [3.63, 3.8) is 0 Å². The number of piperazine rings is 1. The fourth-order valence-corrected chi connectivity index (χ4v) is 1.83. The quantitative estimate of drug-likeness (QED) is 0.773. The third-order valence-electron chi connectivity index (χ3n) is 2.70. The van der Waals surface area contributed by atoms with Crippen LogP contribution >= 0.6 is 0 Å². The third kappa shape index (κ3) is 2.68. The van der Waals surface area contributed by atoms with Crippen LogP contribution < -0.4 is 10.6 Å². The van der Waals surface area contributed by atoms with E-state index in [-0.39, 0.29) is 0 Å². The first-order valence-electron chi connectivity index (χ1n) is 5.50. The molecule has 1 saturated heterocycles. The number of nitrogens with zero attached hydrogens (tertiary/aromatic N) is 1. The summed E-state index contributed by atoms with van der Waals surface area (Å²) in [5.74, 6) is -0.630. The Labute approximate surface area is 102 Å². The van der Waals surface area contributed by atoms with Crippen molar-refractivity contribution in [3.8, 4) is 0 Å². The summed E-state index contributed by atoms with van der Waals surface area (Å²) in [6.07, 6.45) is -3.37. The molecule has 18 heavy (non-hydrogen) atoms. The largest absolute Gasteiger partial charge is 0.418 e. The second kappa shape index (κ2) is 5.03. The predicted molar refractivity (Wildman–Crippen MR) is 58.2 cm³/mol. The molecule has 0 spiro atoms. The minimum Gasteiger partial charge on any atom is -0.313 e. The van der Waals surface area contributed by atoms with Crippen molar-refractivity contribution in [1.29, 1.82) is 0 Å². The number of ketones is 1. The molecule has 1 fully saturated rings. The lowest BCUT2D eigenvalue weighted by Crippen LogP contribution is -2.52. The lowest BCUT2D eigenvalue weighted by Gasteiger charge is -2.23. The van der Waals surface area contributed by atoms with E-state index in [0.29, 0.717) is 19.6 Å². The highest BCUT2D eigenvalue weighted by Crippen LogP contribution is 2.31. The Morgan fingerprint density at radius 2 is 2.17 bits per heavy atom. The van der Waals surface area contributed by atoms with E-state index in [0.717, 1.165) is 6.07 Å². The molecule has 2 N–H and O–H groups in total. The SMILES string of the molecule is O=C(c1ncccc1C(F)(F)F)C1CNCCN1. The van der Waals surface area contributed by atoms with Crippen molar-refractivity contribution >= 4 is 5.78 Å². The third-order valence-corrected chi connectivity index (χ3v) is 2.70. The summed E-state index contributed by atoms with van der Waals surface area (Å²) in [4.78, 5) is 15.6. The standard InChI is InChI=1S/C11H12F3N3O/c12-11(13,14)7-2-1-3-17-9(7)10(18)8-6-15-4-5-16-8/h1-3,8,15-16H,4-6H2. The molecule has 1 unspecified atom stereocenters. The van der Waals surface area contributed by atoms with Gasteiger partial charge in [0, 0.05) is 25.8 Å². The Kier molecular flexibility index (Phi) is 3.63. The molecule has 2 heterocycles. The van der Waals surface area contributed by atoms with Gasteiger partial charge in [0.1, 0.15) is 5.69 Å². The molecule has 98 valence electrons. The van der Waals surface area contributed by atoms with Crippen LogP contribution in [0.3, 0.4) is 0 Å². The van der Waals surface area contributed by atoms with Crippen LogP contribution in [0.2, 0.25) is 0 Å². The highest BCUT2D eigenvalue weighted by atomic mass is 19.4. The molecular weight excluding hydrogens is 247 g/mol. The van der Waals surface area contributed by atoms with Gasteiger partial charge in [-0.2, -0.15) is 13.2 Å². The van der Waals surface area contributed by atoms with Gasteiger partial charge in [0.15, 0.2) is 5.78 Å². The van der Waals surface area contributed by atoms with Gasteiger partial charge in [-0.25, -0.2) is 0 Å². The van der Waals surface area contributed by atoms with Gasteiger partial charge in [-0.1, -0.05) is 0 Å². The average Bonchev–Trinajstić information content (AvgIpc) is 2.38. The Hall–Kier alpha value is -1.47. The molecule has 1 atom stereocenters. The van der Waals surface area contributed by atoms with Crippen LogP contribution in [-0.4, -0.2) is 36.4 Å². The summed E-state index contributed by atoms with van der Waals surface area (Å²) < 4.78 is 38.2. The van der Waals surface area contributed by atoms with Gasteiger partial charge in [-0.3, -0.25) is 9.78 Å². The first-order chi connectivity index (χ1) is 8.50. The fraction of sp³-hybridized carbons (Fsp3) is 0.455. The van der Waals surface area contributed by atoms with Gasteiger partial charge in [-0.05, 0) is 12.1 Å². The first-order valence-corrected chi connectivity index (χ1v) is 5.50. The number of halogens is 3. The van der Waals surface area contributed by atoms with Crippen molar-refractivity contribution in [3.05, 3.63) is 29.6 Å². The van der Waals surface area contributed by atoms with Crippen molar-refractivity contribution in [2.45, 2.75) is 12.2 Å². The minimum absolute atomic E-state index is 0.312. The summed E-state index contributed by atoms with van der Waals surface area (Å²) in [5.41, 5.74) is -1.51. The number of rotatable bonds is 2. The van der Waals surface area contributed by atoms with E-state index in [1.807, 2.05) is 0 Å². The molecule has 0 aromatic carbocycles. The van der Waals surface area contributed by atoms with E-state index in [4.69, 9.17) is 0 Å². The first kappa shape index (κ1) is 13.0. The molecule has 2 rings (SSSR count). The highest BCUT2D eigenvalue weighted by molar-refractivity contribution is 6.00. The van der Waals surface area contributed by atoms with Crippen molar-refractivity contribution in [2.75, 3.05) is 19.6 Å². The number of aromatic nitrogens is 1. The van der Waals surface area contributed by atoms with Gasteiger partial charge in [0.25, 0.3) is 0 Å². The Morgan fingerprint density at radius 3 is 2.78 bits per heavy atom. The maximum absolute atomic E-state index is 12.7. The van der Waals surface area contributed by atoms with Gasteiger partial charge >= 0.3 is 6.18 Å². The molecule has 0 bridgehead atoms. The topological polar surface area (TPSA) is 54.0 Å². The number of nitrogens with one attached hydrogen (secondary N) is 2. The van der Waals surface area contributed by atoms with E-state index in [9.17, 15) is 18.0 Å². The molecule has 4 nitrogen and oxygen atoms in total. The number of pyridine rings is 1. The normalized spacial score (nSPS) is 20.7. The Morgan fingerprint density at radius 1 is 1.39 bits per heavy atom. The summed E-state index contributed by atoms with van der Waals surface area (Å²) in [6.45, 7) is 1.55. The molecule has 1 aromatic rings. The van der Waals surface area contributed by atoms with Crippen LogP contribution in [0.1, 0.15) is 16.1 Å². The number of Topliss-reactive ketones (excluding diaryl/α,β-unsaturated/α-hetero) is 1. The molecule has 0 saturated carbocycles. The second-order valence-corrected chi connectivity index (χ2v) is 3.97. The average molecular weight is 259 g/mol. The van der Waals surface area contributed by atoms with Crippen molar-refractivity contribution in [2.24, 2.45) is 0 Å². The predicted octanol–water partition coefficient (Wildman–Crippen LogP) is 0.844. The van der Waals surface area contributed by atoms with Crippen molar-refractivity contribution in [1.82, 2.24) is 15.6 Å². The molecule has 0 radical (unpaired) electrons. The van der Waals surface area contributed by atoms with Gasteiger partial charge < -0.3 is 10.6 Å². The second-order valence-electron chi connectivity index (χ2n) is 3.97. The number of carbonyl (C=O) groups is 1. The van der Waals surface area contributed by atoms with E-state index in [1.54, 1.807) is 0 Å². The molecule has 1 aromatic heterocycles. The van der Waals surface area contributed by atoms with Crippen LogP contribution in [0.25, 0.3) is 0 Å². The van der Waals surface area contributed by atoms with E-state index >= 15 is 0 Å². The maximum atomic E-state index is 12.7. The molecule has 0 amide bonds. The lowest BCUT2D eigenvalue weighted by atomic mass is 10.0. The minimum atomic E-state index is -4.57. The zero-order chi connectivity index (χ0) is 13.2. The van der Waals surface area contributed by atoms with Crippen LogP contribution in [-0.2, 0) is 6.18 Å². The van der Waals surface area contributed by atoms with Crippen LogP contribution in [0, 0.1) is 0 Å². The highest BCUT2D eigenvalue weighted by Gasteiger charge is 2.37. The Balaban J connectivity index is 2.30.